The number of rotatable bonds is 3. The van der Waals surface area contributed by atoms with Gasteiger partial charge >= 0.3 is 0 Å². The summed E-state index contributed by atoms with van der Waals surface area (Å²) in [4.78, 5) is 0. The van der Waals surface area contributed by atoms with Crippen molar-refractivity contribution in [3.05, 3.63) is 42.5 Å². The monoisotopic (exact) mass is 271 g/mol. The number of aromatic nitrogens is 2. The Morgan fingerprint density at radius 2 is 1.74 bits per heavy atom. The van der Waals surface area contributed by atoms with Gasteiger partial charge in [-0.3, -0.25) is 0 Å². The maximum atomic E-state index is 4.34. The number of hydrogen-bond donors (Lipinski definition) is 1. The second-order valence-electron chi connectivity index (χ2n) is 4.69. The van der Waals surface area contributed by atoms with Gasteiger partial charge in [-0.15, -0.1) is 22.0 Å². The Morgan fingerprint density at radius 1 is 0.947 bits per heavy atom. The summed E-state index contributed by atoms with van der Waals surface area (Å²) in [5, 5.41) is 13.8. The third kappa shape index (κ3) is 3.33. The van der Waals surface area contributed by atoms with E-state index in [2.05, 4.69) is 39.8 Å². The normalized spacial score (nSPS) is 16.4. The Bertz CT molecular complexity index is 507. The summed E-state index contributed by atoms with van der Waals surface area (Å²) in [7, 11) is 0. The van der Waals surface area contributed by atoms with Gasteiger partial charge in [0, 0.05) is 10.8 Å². The number of nitrogens with zero attached hydrogens (tertiary/aromatic N) is 2. The van der Waals surface area contributed by atoms with E-state index in [1.807, 2.05) is 30.0 Å². The standard InChI is InChI=1S/C15H17N3S/c1-2-4-12(5-3-1)14-6-7-15(18-17-14)19-13-8-10-16-11-9-13/h1-7,13,16H,8-11H2. The van der Waals surface area contributed by atoms with E-state index in [1.54, 1.807) is 0 Å². The van der Waals surface area contributed by atoms with Gasteiger partial charge in [0.05, 0.1) is 5.69 Å². The summed E-state index contributed by atoms with van der Waals surface area (Å²) in [6.45, 7) is 2.24. The number of piperidine rings is 1. The first-order chi connectivity index (χ1) is 9.42. The second kappa shape index (κ2) is 6.17. The average molecular weight is 271 g/mol. The molecule has 2 aromatic rings. The summed E-state index contributed by atoms with van der Waals surface area (Å²) < 4.78 is 0. The van der Waals surface area contributed by atoms with E-state index in [-0.39, 0.29) is 0 Å². The maximum absolute atomic E-state index is 4.34. The molecule has 1 fully saturated rings. The van der Waals surface area contributed by atoms with Gasteiger partial charge in [-0.05, 0) is 38.1 Å². The van der Waals surface area contributed by atoms with Gasteiger partial charge in [0.25, 0.3) is 0 Å². The predicted octanol–water partition coefficient (Wildman–Crippen LogP) is 2.99. The van der Waals surface area contributed by atoms with E-state index in [4.69, 9.17) is 0 Å². The van der Waals surface area contributed by atoms with Crippen molar-refractivity contribution in [2.24, 2.45) is 0 Å². The SMILES string of the molecule is c1ccc(-c2ccc(SC3CCNCC3)nn2)cc1. The van der Waals surface area contributed by atoms with Crippen molar-refractivity contribution in [3.8, 4) is 11.3 Å². The van der Waals surface area contributed by atoms with Crippen LogP contribution in [0.3, 0.4) is 0 Å². The molecule has 0 aliphatic carbocycles. The largest absolute Gasteiger partial charge is 0.317 e. The molecular weight excluding hydrogens is 254 g/mol. The van der Waals surface area contributed by atoms with E-state index >= 15 is 0 Å². The van der Waals surface area contributed by atoms with E-state index in [0.29, 0.717) is 5.25 Å². The van der Waals surface area contributed by atoms with Crippen LogP contribution in [0.2, 0.25) is 0 Å². The number of nitrogens with one attached hydrogen (secondary N) is 1. The fourth-order valence-electron chi connectivity index (χ4n) is 2.23. The molecule has 0 amide bonds. The highest BCUT2D eigenvalue weighted by molar-refractivity contribution is 7.99. The molecule has 1 aliphatic heterocycles. The molecular formula is C15H17N3S. The van der Waals surface area contributed by atoms with E-state index in [0.717, 1.165) is 29.4 Å². The van der Waals surface area contributed by atoms with Crippen LogP contribution in [0, 0.1) is 0 Å². The first-order valence-electron chi connectivity index (χ1n) is 6.68. The lowest BCUT2D eigenvalue weighted by atomic mass is 10.1. The van der Waals surface area contributed by atoms with Crippen LogP contribution in [0.1, 0.15) is 12.8 Å². The average Bonchev–Trinajstić information content (AvgIpc) is 2.50. The number of hydrogen-bond acceptors (Lipinski definition) is 4. The minimum atomic E-state index is 0.679. The van der Waals surface area contributed by atoms with Gasteiger partial charge in [-0.2, -0.15) is 0 Å². The van der Waals surface area contributed by atoms with Crippen LogP contribution >= 0.6 is 11.8 Å². The first kappa shape index (κ1) is 12.6. The predicted molar refractivity (Wildman–Crippen MR) is 79.2 cm³/mol. The molecule has 1 saturated heterocycles. The Morgan fingerprint density at radius 3 is 2.42 bits per heavy atom. The molecule has 2 heterocycles. The molecule has 1 aromatic carbocycles. The Balaban J connectivity index is 1.68. The molecule has 1 N–H and O–H groups in total. The molecule has 3 nitrogen and oxygen atoms in total. The molecule has 98 valence electrons. The van der Waals surface area contributed by atoms with Crippen LogP contribution in [-0.2, 0) is 0 Å². The zero-order valence-electron chi connectivity index (χ0n) is 10.7. The van der Waals surface area contributed by atoms with Crippen molar-refractivity contribution in [1.29, 1.82) is 0 Å². The van der Waals surface area contributed by atoms with Crippen molar-refractivity contribution in [2.75, 3.05) is 13.1 Å². The van der Waals surface area contributed by atoms with Crippen LogP contribution in [0.15, 0.2) is 47.5 Å². The Kier molecular flexibility index (Phi) is 4.10. The smallest absolute Gasteiger partial charge is 0.119 e. The van der Waals surface area contributed by atoms with Crippen molar-refractivity contribution >= 4 is 11.8 Å². The second-order valence-corrected chi connectivity index (χ2v) is 6.01. The zero-order valence-corrected chi connectivity index (χ0v) is 11.6. The van der Waals surface area contributed by atoms with Crippen LogP contribution in [0.5, 0.6) is 0 Å². The molecule has 0 bridgehead atoms. The molecule has 1 aromatic heterocycles. The Hall–Kier alpha value is -1.39. The summed E-state index contributed by atoms with van der Waals surface area (Å²) >= 11 is 1.85. The molecule has 0 spiro atoms. The lowest BCUT2D eigenvalue weighted by Crippen LogP contribution is -2.29. The fraction of sp³-hybridized carbons (Fsp3) is 0.333. The minimum Gasteiger partial charge on any atom is -0.317 e. The third-order valence-electron chi connectivity index (χ3n) is 3.28. The molecule has 3 rings (SSSR count). The van der Waals surface area contributed by atoms with Gasteiger partial charge in [-0.25, -0.2) is 0 Å². The molecule has 1 aliphatic rings. The summed E-state index contributed by atoms with van der Waals surface area (Å²) in [6, 6.07) is 14.3. The molecule has 0 radical (unpaired) electrons. The highest BCUT2D eigenvalue weighted by atomic mass is 32.2. The van der Waals surface area contributed by atoms with Gasteiger partial charge < -0.3 is 5.32 Å². The quantitative estimate of drug-likeness (QED) is 0.931. The highest BCUT2D eigenvalue weighted by Gasteiger charge is 2.15. The van der Waals surface area contributed by atoms with Crippen LogP contribution in [-0.4, -0.2) is 28.5 Å². The molecule has 0 unspecified atom stereocenters. The molecule has 0 atom stereocenters. The van der Waals surface area contributed by atoms with E-state index < -0.39 is 0 Å². The summed E-state index contributed by atoms with van der Waals surface area (Å²) in [6.07, 6.45) is 2.43. The third-order valence-corrected chi connectivity index (χ3v) is 4.55. The van der Waals surface area contributed by atoms with Crippen molar-refractivity contribution in [1.82, 2.24) is 15.5 Å². The van der Waals surface area contributed by atoms with Crippen molar-refractivity contribution in [3.63, 3.8) is 0 Å². The first-order valence-corrected chi connectivity index (χ1v) is 7.56. The van der Waals surface area contributed by atoms with Crippen LogP contribution in [0.4, 0.5) is 0 Å². The van der Waals surface area contributed by atoms with Gasteiger partial charge in [0.15, 0.2) is 0 Å². The van der Waals surface area contributed by atoms with E-state index in [9.17, 15) is 0 Å². The van der Waals surface area contributed by atoms with Gasteiger partial charge in [-0.1, -0.05) is 30.3 Å². The van der Waals surface area contributed by atoms with Crippen LogP contribution in [0.25, 0.3) is 11.3 Å². The summed E-state index contributed by atoms with van der Waals surface area (Å²) in [5.74, 6) is 0. The Labute approximate surface area is 117 Å². The maximum Gasteiger partial charge on any atom is 0.119 e. The highest BCUT2D eigenvalue weighted by Crippen LogP contribution is 2.27. The van der Waals surface area contributed by atoms with Crippen molar-refractivity contribution < 1.29 is 0 Å². The van der Waals surface area contributed by atoms with Gasteiger partial charge in [0.1, 0.15) is 5.03 Å². The number of thioether (sulfide) groups is 1. The van der Waals surface area contributed by atoms with E-state index in [1.165, 1.54) is 12.8 Å². The topological polar surface area (TPSA) is 37.8 Å². The molecule has 0 saturated carbocycles. The molecule has 19 heavy (non-hydrogen) atoms. The fourth-order valence-corrected chi connectivity index (χ4v) is 3.28. The lowest BCUT2D eigenvalue weighted by Gasteiger charge is -2.21. The zero-order chi connectivity index (χ0) is 12.9. The van der Waals surface area contributed by atoms with Crippen molar-refractivity contribution in [2.45, 2.75) is 23.1 Å². The number of benzene rings is 1. The molecule has 4 heteroatoms. The lowest BCUT2D eigenvalue weighted by molar-refractivity contribution is 0.531. The van der Waals surface area contributed by atoms with Gasteiger partial charge in [0.2, 0.25) is 0 Å². The van der Waals surface area contributed by atoms with Crippen LogP contribution < -0.4 is 5.32 Å². The minimum absolute atomic E-state index is 0.679. The summed E-state index contributed by atoms with van der Waals surface area (Å²) in [5.41, 5.74) is 2.06.